The van der Waals surface area contributed by atoms with Crippen molar-refractivity contribution < 1.29 is 21.3 Å². The van der Waals surface area contributed by atoms with Crippen LogP contribution < -0.4 is 3.27 Å². The molecule has 0 radical (unpaired) electrons. The van der Waals surface area contributed by atoms with Crippen LogP contribution in [0.2, 0.25) is 19.6 Å². The second-order valence-electron chi connectivity index (χ2n) is 14.7. The van der Waals surface area contributed by atoms with Crippen LogP contribution in [0.15, 0.2) is 81.3 Å². The second kappa shape index (κ2) is 12.4. The summed E-state index contributed by atoms with van der Waals surface area (Å²) in [6.07, 6.45) is 7.47. The minimum Gasteiger partial charge on any atom is -0.147 e. The molecule has 41 heavy (non-hydrogen) atoms. The predicted octanol–water partition coefficient (Wildman–Crippen LogP) is 10.3. The first-order valence-corrected chi connectivity index (χ1v) is 21.8. The molecule has 0 atom stereocenters. The summed E-state index contributed by atoms with van der Waals surface area (Å²) in [7, 11) is -1.36. The van der Waals surface area contributed by atoms with E-state index in [2.05, 4.69) is 141 Å². The molecule has 0 aromatic heterocycles. The van der Waals surface area contributed by atoms with Crippen molar-refractivity contribution in [2.75, 3.05) is 0 Å². The van der Waals surface area contributed by atoms with Crippen LogP contribution in [0, 0.1) is 0 Å². The summed E-state index contributed by atoms with van der Waals surface area (Å²) in [6, 6.07) is 23.8. The van der Waals surface area contributed by atoms with E-state index in [1.807, 2.05) is 0 Å². The molecule has 0 aliphatic heterocycles. The van der Waals surface area contributed by atoms with E-state index in [0.717, 1.165) is 12.8 Å². The van der Waals surface area contributed by atoms with E-state index < -0.39 is 29.3 Å². The molecule has 0 amide bonds. The third-order valence-corrected chi connectivity index (χ3v) is 18.1. The molecule has 218 valence electrons. The molecule has 0 heterocycles. The van der Waals surface area contributed by atoms with Gasteiger partial charge in [-0.3, -0.25) is 0 Å². The van der Waals surface area contributed by atoms with Crippen molar-refractivity contribution in [3.8, 4) is 11.1 Å². The van der Waals surface area contributed by atoms with Crippen molar-refractivity contribution >= 4 is 39.4 Å². The summed E-state index contributed by atoms with van der Waals surface area (Å²) in [5.41, 5.74) is 10.7. The number of hydrogen-bond donors (Lipinski definition) is 0. The van der Waals surface area contributed by atoms with E-state index in [0.29, 0.717) is 0 Å². The van der Waals surface area contributed by atoms with Crippen LogP contribution >= 0.6 is 24.8 Å². The van der Waals surface area contributed by atoms with Crippen LogP contribution in [-0.4, -0.2) is 11.3 Å². The van der Waals surface area contributed by atoms with Crippen LogP contribution in [0.3, 0.4) is 0 Å². The van der Waals surface area contributed by atoms with Gasteiger partial charge in [-0.25, -0.2) is 0 Å². The van der Waals surface area contributed by atoms with Gasteiger partial charge in [-0.1, -0.05) is 0 Å². The molecule has 0 bridgehead atoms. The Hall–Kier alpha value is -1.31. The maximum absolute atomic E-state index is 2.67. The summed E-state index contributed by atoms with van der Waals surface area (Å²) in [6.45, 7) is 24.1. The SMILES string of the molecule is C/[C](c1ccccc1)=[Zr](\[C]1=CC([Si](C)(C)C)=CC1)[c]1cc(C(C)(C)C)cc2c1Cc1ccc(C(C)(C)C)cc1-2.Cl.Cl. The molecular weight excluding hydrogens is 635 g/mol. The van der Waals surface area contributed by atoms with Crippen LogP contribution in [-0.2, 0) is 38.5 Å². The van der Waals surface area contributed by atoms with Crippen LogP contribution in [0.25, 0.3) is 11.1 Å². The monoisotopic (exact) mass is 680 g/mol. The zero-order chi connectivity index (χ0) is 28.3. The number of fused-ring (bicyclic) bond motifs is 3. The number of benzene rings is 3. The van der Waals surface area contributed by atoms with Gasteiger partial charge in [-0.2, -0.15) is 0 Å². The first-order valence-electron chi connectivity index (χ1n) is 14.6. The Bertz CT molecular complexity index is 1540. The van der Waals surface area contributed by atoms with Crippen molar-refractivity contribution in [3.63, 3.8) is 0 Å². The fraction of sp³-hybridized carbons (Fsp3) is 0.378. The average molecular weight is 683 g/mol. The molecule has 3 aromatic rings. The quantitative estimate of drug-likeness (QED) is 0.188. The average Bonchev–Trinajstić information content (AvgIpc) is 3.48. The van der Waals surface area contributed by atoms with Crippen molar-refractivity contribution in [3.05, 3.63) is 109 Å². The Labute approximate surface area is 270 Å². The molecule has 2 aliphatic rings. The zero-order valence-electron chi connectivity index (χ0n) is 26.7. The Morgan fingerprint density at radius 1 is 0.756 bits per heavy atom. The summed E-state index contributed by atoms with van der Waals surface area (Å²) in [5.74, 6) is 0. The first kappa shape index (κ1) is 34.2. The summed E-state index contributed by atoms with van der Waals surface area (Å²) >= 11 is -2.45. The maximum atomic E-state index is 2.67. The molecule has 0 unspecified atom stereocenters. The van der Waals surface area contributed by atoms with E-state index in [1.165, 1.54) is 33.4 Å². The molecule has 3 aromatic carbocycles. The van der Waals surface area contributed by atoms with Gasteiger partial charge in [0.15, 0.2) is 0 Å². The molecule has 5 rings (SSSR count). The van der Waals surface area contributed by atoms with Gasteiger partial charge in [0.1, 0.15) is 0 Å². The maximum Gasteiger partial charge on any atom is -0.147 e. The number of rotatable bonds is 4. The van der Waals surface area contributed by atoms with E-state index in [9.17, 15) is 0 Å². The van der Waals surface area contributed by atoms with Crippen LogP contribution in [0.4, 0.5) is 0 Å². The van der Waals surface area contributed by atoms with E-state index >= 15 is 0 Å². The van der Waals surface area contributed by atoms with Gasteiger partial charge in [0.05, 0.1) is 0 Å². The van der Waals surface area contributed by atoms with Crippen molar-refractivity contribution in [1.82, 2.24) is 0 Å². The summed E-state index contributed by atoms with van der Waals surface area (Å²) < 4.78 is 5.14. The molecule has 2 aliphatic carbocycles. The van der Waals surface area contributed by atoms with Crippen molar-refractivity contribution in [1.29, 1.82) is 0 Å². The molecule has 0 nitrogen and oxygen atoms in total. The Morgan fingerprint density at radius 3 is 1.93 bits per heavy atom. The van der Waals surface area contributed by atoms with Gasteiger partial charge in [-0.15, -0.1) is 24.8 Å². The topological polar surface area (TPSA) is 0 Å². The Balaban J connectivity index is 0.00000231. The minimum absolute atomic E-state index is 0. The molecule has 0 spiro atoms. The van der Waals surface area contributed by atoms with Gasteiger partial charge in [0.25, 0.3) is 0 Å². The zero-order valence-corrected chi connectivity index (χ0v) is 31.7. The fourth-order valence-electron chi connectivity index (χ4n) is 6.07. The normalized spacial score (nSPS) is 15.2. The Kier molecular flexibility index (Phi) is 10.3. The van der Waals surface area contributed by atoms with Gasteiger partial charge >= 0.3 is 248 Å². The molecule has 0 N–H and O–H groups in total. The van der Waals surface area contributed by atoms with E-state index in [4.69, 9.17) is 0 Å². The van der Waals surface area contributed by atoms with Gasteiger partial charge < -0.3 is 0 Å². The van der Waals surface area contributed by atoms with Crippen LogP contribution in [0.5, 0.6) is 0 Å². The van der Waals surface area contributed by atoms with Gasteiger partial charge in [0, 0.05) is 0 Å². The van der Waals surface area contributed by atoms with E-state index in [1.54, 1.807) is 20.5 Å². The molecule has 0 saturated carbocycles. The summed E-state index contributed by atoms with van der Waals surface area (Å²) in [4.78, 5) is 0. The summed E-state index contributed by atoms with van der Waals surface area (Å²) in [5, 5.41) is 1.65. The van der Waals surface area contributed by atoms with Crippen LogP contribution in [0.1, 0.15) is 82.7 Å². The molecule has 4 heteroatoms. The smallest absolute Gasteiger partial charge is 0.147 e. The van der Waals surface area contributed by atoms with Gasteiger partial charge in [-0.05, 0) is 0 Å². The van der Waals surface area contributed by atoms with Crippen molar-refractivity contribution in [2.45, 2.75) is 91.8 Å². The number of halogens is 2. The largest absolute Gasteiger partial charge is 0.147 e. The molecule has 0 fully saturated rings. The standard InChI is InChI=1S/C21H25.C8H13Si.C8H8.2ClH.Zr/c1-20(2,3)16-9-7-14-11-15-8-10-17(21(4,5)6)13-19(15)18(14)12-16;1-9(2,3)8-6-4-5-7-8;1-2-8-6-4-3-5-7-8;;;/h7,9-10,12-13H,11H2,1-6H3;6-7H,4H2,1-3H3;3-7H,1H3;2*1H;. The minimum atomic E-state index is -2.45. The Morgan fingerprint density at radius 2 is 1.37 bits per heavy atom. The predicted molar refractivity (Wildman–Crippen MR) is 187 cm³/mol. The number of hydrogen-bond acceptors (Lipinski definition) is 0. The second-order valence-corrected chi connectivity index (χ2v) is 26.4. The number of allylic oxidation sites excluding steroid dienone is 4. The third kappa shape index (κ3) is 6.93. The third-order valence-electron chi connectivity index (χ3n) is 8.66. The van der Waals surface area contributed by atoms with E-state index in [-0.39, 0.29) is 35.6 Å². The molecular formula is C37H48Cl2SiZr. The molecule has 0 saturated heterocycles. The van der Waals surface area contributed by atoms with Crippen molar-refractivity contribution in [2.24, 2.45) is 0 Å². The van der Waals surface area contributed by atoms with Gasteiger partial charge in [0.2, 0.25) is 0 Å². The fourth-order valence-corrected chi connectivity index (χ4v) is 15.4. The first-order chi connectivity index (χ1) is 18.1.